The van der Waals surface area contributed by atoms with Crippen LogP contribution in [0, 0.1) is 10.8 Å². The van der Waals surface area contributed by atoms with Crippen molar-refractivity contribution in [2.45, 2.75) is 93.2 Å². The molecule has 156 valence electrons. The molecule has 1 rings (SSSR count). The van der Waals surface area contributed by atoms with Gasteiger partial charge in [-0.25, -0.2) is 4.68 Å². The van der Waals surface area contributed by atoms with E-state index in [2.05, 4.69) is 57.2 Å². The highest BCUT2D eigenvalue weighted by atomic mass is 16.5. The number of carbonyl (C=O) groups excluding carboxylic acids is 1. The summed E-state index contributed by atoms with van der Waals surface area (Å²) in [6.07, 6.45) is 7.94. The maximum absolute atomic E-state index is 11.9. The number of unbranched alkanes of at least 4 members (excludes halogenated alkanes) is 2. The van der Waals surface area contributed by atoms with Gasteiger partial charge < -0.3 is 10.1 Å². The summed E-state index contributed by atoms with van der Waals surface area (Å²) in [5.74, 6) is 0.0887. The first-order valence-corrected chi connectivity index (χ1v) is 10.3. The number of ether oxygens (including phenoxy) is 1. The minimum absolute atomic E-state index is 0.0887. The Labute approximate surface area is 165 Å². The summed E-state index contributed by atoms with van der Waals surface area (Å²) in [6.45, 7) is 15.9. The van der Waals surface area contributed by atoms with Crippen LogP contribution in [0.25, 0.3) is 0 Å². The Balaban J connectivity index is 2.11. The zero-order chi connectivity index (χ0) is 20.3. The van der Waals surface area contributed by atoms with Crippen molar-refractivity contribution in [3.05, 3.63) is 11.9 Å². The number of aromatic nitrogens is 3. The first-order valence-electron chi connectivity index (χ1n) is 10.3. The van der Waals surface area contributed by atoms with Crippen LogP contribution in [0.3, 0.4) is 0 Å². The molecular formula is C21H40N4O2. The van der Waals surface area contributed by atoms with Crippen LogP contribution >= 0.6 is 0 Å². The van der Waals surface area contributed by atoms with Crippen LogP contribution in [0.5, 0.6) is 0 Å². The highest BCUT2D eigenvalue weighted by molar-refractivity contribution is 5.75. The molecule has 1 N–H and O–H groups in total. The molecule has 1 aromatic rings. The molecule has 0 aliphatic rings. The Bertz CT molecular complexity index is 541. The fourth-order valence-corrected chi connectivity index (χ4v) is 2.56. The van der Waals surface area contributed by atoms with E-state index in [9.17, 15) is 4.79 Å². The van der Waals surface area contributed by atoms with Gasteiger partial charge in [-0.15, -0.1) is 5.10 Å². The van der Waals surface area contributed by atoms with Gasteiger partial charge >= 0.3 is 0 Å². The van der Waals surface area contributed by atoms with Gasteiger partial charge in [-0.3, -0.25) is 4.79 Å². The van der Waals surface area contributed by atoms with E-state index in [1.807, 2.05) is 6.20 Å². The lowest BCUT2D eigenvalue weighted by Gasteiger charge is -2.17. The molecular weight excluding hydrogens is 340 g/mol. The fourth-order valence-electron chi connectivity index (χ4n) is 2.56. The maximum atomic E-state index is 11.9. The summed E-state index contributed by atoms with van der Waals surface area (Å²) in [5.41, 5.74) is 1.46. The molecule has 0 unspecified atom stereocenters. The molecule has 1 amide bonds. The Morgan fingerprint density at radius 1 is 1.04 bits per heavy atom. The van der Waals surface area contributed by atoms with Crippen molar-refractivity contribution in [1.29, 1.82) is 0 Å². The molecule has 1 heterocycles. The smallest absolute Gasteiger partial charge is 0.220 e. The van der Waals surface area contributed by atoms with Crippen LogP contribution < -0.4 is 5.32 Å². The third-order valence-corrected chi connectivity index (χ3v) is 4.34. The van der Waals surface area contributed by atoms with E-state index in [1.54, 1.807) is 4.68 Å². The second kappa shape index (κ2) is 11.4. The SMILES string of the molecule is CC(C)(C)CCCCCC(=O)NCc1cn(CCOCCC(C)(C)C)nn1. The Morgan fingerprint density at radius 2 is 1.74 bits per heavy atom. The number of rotatable bonds is 12. The molecule has 6 nitrogen and oxygen atoms in total. The first kappa shape index (κ1) is 23.6. The van der Waals surface area contributed by atoms with E-state index >= 15 is 0 Å². The van der Waals surface area contributed by atoms with Gasteiger partial charge in [-0.1, -0.05) is 59.6 Å². The van der Waals surface area contributed by atoms with Gasteiger partial charge in [-0.05, 0) is 30.1 Å². The Hall–Kier alpha value is -1.43. The molecule has 0 aliphatic heterocycles. The Morgan fingerprint density at radius 3 is 2.41 bits per heavy atom. The van der Waals surface area contributed by atoms with Crippen molar-refractivity contribution >= 4 is 5.91 Å². The van der Waals surface area contributed by atoms with E-state index in [0.717, 1.165) is 31.6 Å². The predicted octanol–water partition coefficient (Wildman–Crippen LogP) is 4.34. The van der Waals surface area contributed by atoms with Crippen molar-refractivity contribution in [2.24, 2.45) is 10.8 Å². The van der Waals surface area contributed by atoms with E-state index in [4.69, 9.17) is 4.74 Å². The number of amides is 1. The van der Waals surface area contributed by atoms with Crippen molar-refractivity contribution < 1.29 is 9.53 Å². The van der Waals surface area contributed by atoms with Crippen molar-refractivity contribution in [2.75, 3.05) is 13.2 Å². The Kier molecular flexibility index (Phi) is 9.99. The molecule has 0 fully saturated rings. The van der Waals surface area contributed by atoms with E-state index < -0.39 is 0 Å². The van der Waals surface area contributed by atoms with Crippen LogP contribution in [0.2, 0.25) is 0 Å². The second-order valence-corrected chi connectivity index (χ2v) is 9.79. The predicted molar refractivity (Wildman–Crippen MR) is 109 cm³/mol. The van der Waals surface area contributed by atoms with Crippen molar-refractivity contribution in [1.82, 2.24) is 20.3 Å². The quantitative estimate of drug-likeness (QED) is 0.548. The van der Waals surface area contributed by atoms with Crippen LogP contribution in [0.15, 0.2) is 6.20 Å². The largest absolute Gasteiger partial charge is 0.380 e. The van der Waals surface area contributed by atoms with Gasteiger partial charge in [0.25, 0.3) is 0 Å². The molecule has 0 spiro atoms. The summed E-state index contributed by atoms with van der Waals surface area (Å²) >= 11 is 0. The van der Waals surface area contributed by atoms with Gasteiger partial charge in [0.15, 0.2) is 0 Å². The molecule has 0 radical (unpaired) electrons. The number of hydrogen-bond acceptors (Lipinski definition) is 4. The number of nitrogens with zero attached hydrogens (tertiary/aromatic N) is 3. The molecule has 6 heteroatoms. The van der Waals surface area contributed by atoms with Gasteiger partial charge in [0.1, 0.15) is 5.69 Å². The third-order valence-electron chi connectivity index (χ3n) is 4.34. The summed E-state index contributed by atoms with van der Waals surface area (Å²) in [7, 11) is 0. The number of carbonyl (C=O) groups is 1. The number of nitrogens with one attached hydrogen (secondary N) is 1. The summed E-state index contributed by atoms with van der Waals surface area (Å²) in [5, 5.41) is 11.1. The monoisotopic (exact) mass is 380 g/mol. The lowest BCUT2D eigenvalue weighted by atomic mass is 9.89. The molecule has 0 saturated carbocycles. The lowest BCUT2D eigenvalue weighted by molar-refractivity contribution is -0.121. The van der Waals surface area contributed by atoms with Gasteiger partial charge in [0.2, 0.25) is 5.91 Å². The van der Waals surface area contributed by atoms with Crippen LogP contribution in [0.4, 0.5) is 0 Å². The van der Waals surface area contributed by atoms with E-state index in [1.165, 1.54) is 12.8 Å². The minimum atomic E-state index is 0.0887. The van der Waals surface area contributed by atoms with Crippen LogP contribution in [-0.2, 0) is 22.6 Å². The van der Waals surface area contributed by atoms with Gasteiger partial charge in [0.05, 0.1) is 25.9 Å². The zero-order valence-corrected chi connectivity index (χ0v) is 18.3. The summed E-state index contributed by atoms with van der Waals surface area (Å²) in [6, 6.07) is 0. The summed E-state index contributed by atoms with van der Waals surface area (Å²) < 4.78 is 7.42. The third kappa shape index (κ3) is 13.4. The molecule has 27 heavy (non-hydrogen) atoms. The molecule has 0 bridgehead atoms. The molecule has 0 saturated heterocycles. The molecule has 0 aliphatic carbocycles. The summed E-state index contributed by atoms with van der Waals surface area (Å²) in [4.78, 5) is 11.9. The van der Waals surface area contributed by atoms with E-state index in [0.29, 0.717) is 36.9 Å². The zero-order valence-electron chi connectivity index (χ0n) is 18.3. The molecule has 0 atom stereocenters. The van der Waals surface area contributed by atoms with Crippen LogP contribution in [0.1, 0.15) is 85.8 Å². The van der Waals surface area contributed by atoms with Crippen LogP contribution in [-0.4, -0.2) is 34.1 Å². The van der Waals surface area contributed by atoms with Crippen molar-refractivity contribution in [3.8, 4) is 0 Å². The van der Waals surface area contributed by atoms with Gasteiger partial charge in [-0.2, -0.15) is 0 Å². The standard InChI is InChI=1S/C21H40N4O2/c1-20(2,3)11-9-7-8-10-19(26)22-16-18-17-25(24-23-18)13-15-27-14-12-21(4,5)6/h17H,7-16H2,1-6H3,(H,22,26). The normalized spacial score (nSPS) is 12.4. The topological polar surface area (TPSA) is 69.0 Å². The second-order valence-electron chi connectivity index (χ2n) is 9.79. The molecule has 0 aromatic carbocycles. The fraction of sp³-hybridized carbons (Fsp3) is 0.857. The lowest BCUT2D eigenvalue weighted by Crippen LogP contribution is -2.22. The highest BCUT2D eigenvalue weighted by Crippen LogP contribution is 2.22. The average Bonchev–Trinajstić information content (AvgIpc) is 2.98. The average molecular weight is 381 g/mol. The minimum Gasteiger partial charge on any atom is -0.380 e. The maximum Gasteiger partial charge on any atom is 0.220 e. The number of hydrogen-bond donors (Lipinski definition) is 1. The molecule has 1 aromatic heterocycles. The van der Waals surface area contributed by atoms with E-state index in [-0.39, 0.29) is 5.91 Å². The van der Waals surface area contributed by atoms with Crippen molar-refractivity contribution in [3.63, 3.8) is 0 Å². The highest BCUT2D eigenvalue weighted by Gasteiger charge is 2.10. The first-order chi connectivity index (χ1) is 12.6. The van der Waals surface area contributed by atoms with Gasteiger partial charge in [0, 0.05) is 13.0 Å².